The van der Waals surface area contributed by atoms with E-state index in [2.05, 4.69) is 20.0 Å². The van der Waals surface area contributed by atoms with Gasteiger partial charge in [0, 0.05) is 7.14 Å². The standard InChI is InChI=1S/C26H34O2P.Li/c1-20(23-15-16-24-25(27)14-9-18-26(23,24)2)17-19-29(28,21-10-5-3-6-11-21)22-12-7-4-8-13-22;/h3-8,10-13,19-20,23-25,27H,9,14-18H2,1-2H3;/q-1;+1/t20-,23-,24+,25+,26-;/m1./s1. The molecule has 0 aromatic heterocycles. The smallest absolute Gasteiger partial charge is 0.393 e. The van der Waals surface area contributed by atoms with Gasteiger partial charge in [-0.1, -0.05) is 86.8 Å². The first-order chi connectivity index (χ1) is 13.9. The molecule has 2 nitrogen and oxygen atoms in total. The van der Waals surface area contributed by atoms with E-state index in [-0.39, 0.29) is 30.4 Å². The van der Waals surface area contributed by atoms with E-state index in [1.807, 2.05) is 60.7 Å². The average molecular weight is 416 g/mol. The Balaban J connectivity index is 0.00000256. The summed E-state index contributed by atoms with van der Waals surface area (Å²) in [4.78, 5) is 0. The Morgan fingerprint density at radius 3 is 2.17 bits per heavy atom. The maximum atomic E-state index is 14.3. The van der Waals surface area contributed by atoms with Gasteiger partial charge in [-0.05, 0) is 53.5 Å². The van der Waals surface area contributed by atoms with Crippen molar-refractivity contribution >= 4 is 17.8 Å². The van der Waals surface area contributed by atoms with Gasteiger partial charge in [0.05, 0.1) is 6.10 Å². The number of rotatable bonds is 6. The van der Waals surface area contributed by atoms with Gasteiger partial charge in [-0.3, -0.25) is 6.16 Å². The Hall–Kier alpha value is -0.773. The molecule has 0 saturated heterocycles. The van der Waals surface area contributed by atoms with Gasteiger partial charge >= 0.3 is 18.9 Å². The van der Waals surface area contributed by atoms with Crippen molar-refractivity contribution in [3.05, 3.63) is 66.8 Å². The van der Waals surface area contributed by atoms with Crippen molar-refractivity contribution in [2.75, 3.05) is 0 Å². The first-order valence-electron chi connectivity index (χ1n) is 11.2. The maximum Gasteiger partial charge on any atom is 1.00 e. The van der Waals surface area contributed by atoms with Gasteiger partial charge in [-0.2, -0.15) is 6.42 Å². The largest absolute Gasteiger partial charge is 1.00 e. The SMILES string of the molecule is C[C@H](C[CH-]P(=O)(c1ccccc1)c1ccccc1)[C@H]1CC[C@H]2[C@@H](O)CCC[C@]12C.[Li+]. The zero-order valence-electron chi connectivity index (χ0n) is 18.7. The van der Waals surface area contributed by atoms with Gasteiger partial charge < -0.3 is 9.67 Å². The minimum absolute atomic E-state index is 0. The van der Waals surface area contributed by atoms with Crippen LogP contribution >= 0.6 is 7.14 Å². The summed E-state index contributed by atoms with van der Waals surface area (Å²) in [5.74, 6) is 1.51. The molecule has 30 heavy (non-hydrogen) atoms. The van der Waals surface area contributed by atoms with Gasteiger partial charge in [-0.25, -0.2) is 0 Å². The second-order valence-corrected chi connectivity index (χ2v) is 12.2. The van der Waals surface area contributed by atoms with E-state index in [1.165, 1.54) is 12.8 Å². The predicted molar refractivity (Wildman–Crippen MR) is 122 cm³/mol. The van der Waals surface area contributed by atoms with Crippen molar-refractivity contribution in [3.63, 3.8) is 0 Å². The molecule has 0 radical (unpaired) electrons. The van der Waals surface area contributed by atoms with Crippen molar-refractivity contribution in [2.45, 2.75) is 58.5 Å². The van der Waals surface area contributed by atoms with Crippen LogP contribution in [0.15, 0.2) is 60.7 Å². The van der Waals surface area contributed by atoms with Crippen LogP contribution in [-0.4, -0.2) is 11.2 Å². The van der Waals surface area contributed by atoms with Gasteiger partial charge in [-0.15, -0.1) is 0 Å². The fourth-order valence-electron chi connectivity index (χ4n) is 6.26. The minimum atomic E-state index is -2.76. The zero-order valence-corrected chi connectivity index (χ0v) is 19.6. The summed E-state index contributed by atoms with van der Waals surface area (Å²) < 4.78 is 14.3. The van der Waals surface area contributed by atoms with Gasteiger partial charge in [0.2, 0.25) is 0 Å². The molecule has 2 saturated carbocycles. The number of fused-ring (bicyclic) bond motifs is 1. The molecule has 4 heteroatoms. The fourth-order valence-corrected chi connectivity index (χ4v) is 8.84. The maximum absolute atomic E-state index is 14.3. The van der Waals surface area contributed by atoms with Crippen LogP contribution in [0.3, 0.4) is 0 Å². The summed E-state index contributed by atoms with van der Waals surface area (Å²) in [5.41, 5.74) is 0.231. The fraction of sp³-hybridized carbons (Fsp3) is 0.500. The van der Waals surface area contributed by atoms with Crippen LogP contribution in [0, 0.1) is 29.3 Å². The third-order valence-corrected chi connectivity index (χ3v) is 10.7. The van der Waals surface area contributed by atoms with Crippen LogP contribution in [0.5, 0.6) is 0 Å². The average Bonchev–Trinajstić information content (AvgIpc) is 3.11. The molecule has 0 bridgehead atoms. The summed E-state index contributed by atoms with van der Waals surface area (Å²) in [6.45, 7) is 4.73. The third-order valence-electron chi connectivity index (χ3n) is 7.86. The summed E-state index contributed by atoms with van der Waals surface area (Å²) in [5, 5.41) is 12.4. The molecule has 2 aliphatic carbocycles. The van der Waals surface area contributed by atoms with Crippen LogP contribution in [0.2, 0.25) is 0 Å². The Morgan fingerprint density at radius 2 is 1.60 bits per heavy atom. The Labute approximate surface area is 194 Å². The third kappa shape index (κ3) is 4.40. The normalized spacial score (nSPS) is 29.6. The van der Waals surface area contributed by atoms with Gasteiger partial charge in [0.25, 0.3) is 0 Å². The quantitative estimate of drug-likeness (QED) is 0.447. The molecule has 0 aliphatic heterocycles. The topological polar surface area (TPSA) is 37.3 Å². The van der Waals surface area contributed by atoms with Crippen LogP contribution in [-0.2, 0) is 4.57 Å². The summed E-state index contributed by atoms with van der Waals surface area (Å²) >= 11 is 0. The van der Waals surface area contributed by atoms with E-state index in [1.54, 1.807) is 0 Å². The molecule has 156 valence electrons. The number of hydrogen-bond acceptors (Lipinski definition) is 2. The molecule has 0 amide bonds. The first kappa shape index (κ1) is 23.9. The molecule has 2 aromatic carbocycles. The monoisotopic (exact) mass is 416 g/mol. The molecule has 4 rings (SSSR count). The van der Waals surface area contributed by atoms with E-state index in [9.17, 15) is 9.67 Å². The molecule has 1 N–H and O–H groups in total. The number of aliphatic hydroxyl groups is 1. The Kier molecular flexibility index (Phi) is 7.80. The molecule has 2 fully saturated rings. The van der Waals surface area contributed by atoms with Crippen molar-refractivity contribution in [1.82, 2.24) is 0 Å². The van der Waals surface area contributed by atoms with Crippen LogP contribution in [0.4, 0.5) is 0 Å². The van der Waals surface area contributed by atoms with Crippen molar-refractivity contribution in [1.29, 1.82) is 0 Å². The molecular formula is C26H34LiO2P. The van der Waals surface area contributed by atoms with Crippen LogP contribution in [0.1, 0.15) is 52.4 Å². The second-order valence-electron chi connectivity index (χ2n) is 9.48. The zero-order chi connectivity index (χ0) is 20.5. The van der Waals surface area contributed by atoms with Gasteiger partial charge in [0.1, 0.15) is 0 Å². The van der Waals surface area contributed by atoms with E-state index in [0.29, 0.717) is 17.8 Å². The van der Waals surface area contributed by atoms with E-state index < -0.39 is 7.14 Å². The summed E-state index contributed by atoms with van der Waals surface area (Å²) in [7, 11) is -2.76. The number of aliphatic hydroxyl groups excluding tert-OH is 1. The first-order valence-corrected chi connectivity index (χ1v) is 13.0. The molecule has 0 spiro atoms. The summed E-state index contributed by atoms with van der Waals surface area (Å²) in [6.07, 6.45) is 8.49. The molecule has 2 aromatic rings. The molecule has 0 heterocycles. The van der Waals surface area contributed by atoms with Crippen LogP contribution < -0.4 is 29.5 Å². The molecule has 0 unspecified atom stereocenters. The molecular weight excluding hydrogens is 382 g/mol. The predicted octanol–water partition coefficient (Wildman–Crippen LogP) is 2.77. The van der Waals surface area contributed by atoms with Gasteiger partial charge in [0.15, 0.2) is 0 Å². The van der Waals surface area contributed by atoms with Crippen molar-refractivity contribution in [2.24, 2.45) is 23.2 Å². The van der Waals surface area contributed by atoms with Crippen molar-refractivity contribution < 1.29 is 28.5 Å². The van der Waals surface area contributed by atoms with E-state index >= 15 is 0 Å². The number of hydrogen-bond donors (Lipinski definition) is 1. The Bertz CT molecular complexity index is 812. The van der Waals surface area contributed by atoms with E-state index in [4.69, 9.17) is 0 Å². The Morgan fingerprint density at radius 1 is 1.03 bits per heavy atom. The second kappa shape index (κ2) is 9.79. The number of benzene rings is 2. The molecule has 5 atom stereocenters. The van der Waals surface area contributed by atoms with E-state index in [0.717, 1.165) is 36.3 Å². The van der Waals surface area contributed by atoms with Crippen molar-refractivity contribution in [3.8, 4) is 0 Å². The molecule has 2 aliphatic rings. The van der Waals surface area contributed by atoms with Crippen LogP contribution in [0.25, 0.3) is 0 Å². The minimum Gasteiger partial charge on any atom is -0.393 e. The summed E-state index contributed by atoms with van der Waals surface area (Å²) in [6, 6.07) is 19.9.